The van der Waals surface area contributed by atoms with E-state index in [4.69, 9.17) is 30.6 Å². The predicted octanol–water partition coefficient (Wildman–Crippen LogP) is 5.47. The van der Waals surface area contributed by atoms with Crippen LogP contribution in [0, 0.1) is 0 Å². The van der Waals surface area contributed by atoms with E-state index >= 15 is 0 Å². The van der Waals surface area contributed by atoms with Gasteiger partial charge in [0.2, 0.25) is 0 Å². The van der Waals surface area contributed by atoms with Gasteiger partial charge in [0.05, 0.1) is 0 Å². The minimum Gasteiger partial charge on any atom is -0.478 e. The lowest BCUT2D eigenvalue weighted by atomic mass is 9.89. The molecule has 0 saturated carbocycles. The molecule has 60 heavy (non-hydrogen) atoms. The van der Waals surface area contributed by atoms with E-state index in [-0.39, 0.29) is 0 Å². The molecule has 0 aliphatic rings. The highest BCUT2D eigenvalue weighted by Gasteiger charge is 2.15. The third kappa shape index (κ3) is 29.0. The molecule has 0 amide bonds. The number of hydrogen-bond acceptors (Lipinski definition) is 10. The summed E-state index contributed by atoms with van der Waals surface area (Å²) in [6, 6.07) is 29.9. The van der Waals surface area contributed by atoms with Crippen LogP contribution in [0.4, 0.5) is 0 Å². The molecule has 6 N–H and O–H groups in total. The molecule has 0 fully saturated rings. The normalized spacial score (nSPS) is 11.4. The molecule has 16 nitrogen and oxygen atoms in total. The summed E-state index contributed by atoms with van der Waals surface area (Å²) in [5.41, 5.74) is 5.45. The molecule has 4 aromatic rings. The second-order valence-electron chi connectivity index (χ2n) is 12.7. The van der Waals surface area contributed by atoms with Gasteiger partial charge in [-0.15, -0.1) is 0 Å². The van der Waals surface area contributed by atoms with Crippen LogP contribution < -0.4 is 0 Å². The van der Waals surface area contributed by atoms with E-state index in [9.17, 15) is 28.8 Å². The zero-order chi connectivity index (χ0) is 45.3. The van der Waals surface area contributed by atoms with Gasteiger partial charge >= 0.3 is 35.8 Å². The van der Waals surface area contributed by atoms with Gasteiger partial charge in [0.1, 0.15) is 0 Å². The standard InChI is InChI=1S/2C16H20N2.3C4H4O4/c2*1-18(2)13-10-16(14-6-4-3-5-7-14)15-8-11-17-12-9-15;3*5-3(6)1-2-4(7)8/h2*3-9,11-12,16H,10,13H2,1-2H3;3*1-2H,(H,5,6)(H,7,8)/b;;3*2-1+. The number of benzene rings is 2. The second-order valence-corrected chi connectivity index (χ2v) is 12.7. The summed E-state index contributed by atoms with van der Waals surface area (Å²) < 4.78 is 0. The average molecular weight is 829 g/mol. The molecule has 0 spiro atoms. The smallest absolute Gasteiger partial charge is 0.328 e. The summed E-state index contributed by atoms with van der Waals surface area (Å²) in [4.78, 5) is 70.0. The molecule has 0 aliphatic carbocycles. The van der Waals surface area contributed by atoms with Crippen molar-refractivity contribution < 1.29 is 59.4 Å². The SMILES string of the molecule is CN(C)CCC(c1ccccc1)c1ccncc1.CN(C)CCC(c1ccccc1)c1ccncc1.O=C(O)/C=C/C(=O)O.O=C(O)/C=C/C(=O)O.O=C(O)/C=C/C(=O)O. The lowest BCUT2D eigenvalue weighted by Crippen LogP contribution is -2.16. The highest BCUT2D eigenvalue weighted by molar-refractivity contribution is 5.90. The zero-order valence-corrected chi connectivity index (χ0v) is 33.8. The van der Waals surface area contributed by atoms with Gasteiger partial charge in [-0.1, -0.05) is 60.7 Å². The number of aromatic nitrogens is 2. The Morgan fingerprint density at radius 1 is 0.417 bits per heavy atom. The number of rotatable bonds is 16. The molecular formula is C44H52N4O12. The van der Waals surface area contributed by atoms with E-state index in [1.807, 2.05) is 24.8 Å². The average Bonchev–Trinajstić information content (AvgIpc) is 3.21. The van der Waals surface area contributed by atoms with Crippen LogP contribution in [0.2, 0.25) is 0 Å². The van der Waals surface area contributed by atoms with Crippen molar-refractivity contribution in [2.75, 3.05) is 41.3 Å². The van der Waals surface area contributed by atoms with E-state index in [1.54, 1.807) is 0 Å². The van der Waals surface area contributed by atoms with Crippen LogP contribution in [-0.2, 0) is 28.8 Å². The molecule has 2 aromatic carbocycles. The minimum absolute atomic E-state index is 0.455. The maximum atomic E-state index is 9.55. The fourth-order valence-corrected chi connectivity index (χ4v) is 4.82. The summed E-state index contributed by atoms with van der Waals surface area (Å²) in [6.07, 6.45) is 13.1. The zero-order valence-electron chi connectivity index (χ0n) is 33.8. The Bertz CT molecular complexity index is 1640. The predicted molar refractivity (Wildman–Crippen MR) is 225 cm³/mol. The Morgan fingerprint density at radius 3 is 0.833 bits per heavy atom. The molecule has 4 rings (SSSR count). The number of nitrogens with zero attached hydrogens (tertiary/aromatic N) is 4. The maximum absolute atomic E-state index is 9.55. The Morgan fingerprint density at radius 2 is 0.633 bits per heavy atom. The van der Waals surface area contributed by atoms with Crippen LogP contribution in [0.1, 0.15) is 46.9 Å². The van der Waals surface area contributed by atoms with Crippen molar-refractivity contribution in [1.29, 1.82) is 0 Å². The third-order valence-corrected chi connectivity index (χ3v) is 7.46. The van der Waals surface area contributed by atoms with Crippen molar-refractivity contribution in [3.05, 3.63) is 168 Å². The van der Waals surface area contributed by atoms with Crippen molar-refractivity contribution in [3.63, 3.8) is 0 Å². The van der Waals surface area contributed by atoms with Gasteiger partial charge in [0, 0.05) is 73.1 Å². The number of carboxylic acid groups (broad SMARTS) is 6. The van der Waals surface area contributed by atoms with Crippen molar-refractivity contribution >= 4 is 35.8 Å². The van der Waals surface area contributed by atoms with Crippen LogP contribution in [0.15, 0.2) is 146 Å². The molecule has 2 aromatic heterocycles. The van der Waals surface area contributed by atoms with Crippen LogP contribution in [-0.4, -0.2) is 128 Å². The summed E-state index contributed by atoms with van der Waals surface area (Å²) in [5.74, 6) is -6.63. The van der Waals surface area contributed by atoms with Gasteiger partial charge in [-0.3, -0.25) is 9.97 Å². The van der Waals surface area contributed by atoms with Crippen molar-refractivity contribution in [1.82, 2.24) is 19.8 Å². The molecule has 0 bridgehead atoms. The van der Waals surface area contributed by atoms with E-state index in [2.05, 4.69) is 133 Å². The lowest BCUT2D eigenvalue weighted by Gasteiger charge is -2.20. The van der Waals surface area contributed by atoms with Gasteiger partial charge in [-0.2, -0.15) is 0 Å². The van der Waals surface area contributed by atoms with Crippen LogP contribution in [0.3, 0.4) is 0 Å². The first-order valence-corrected chi connectivity index (χ1v) is 18.0. The summed E-state index contributed by atoms with van der Waals surface area (Å²) in [7, 11) is 8.48. The van der Waals surface area contributed by atoms with Crippen molar-refractivity contribution in [2.24, 2.45) is 0 Å². The highest BCUT2D eigenvalue weighted by Crippen LogP contribution is 2.28. The first-order valence-electron chi connectivity index (χ1n) is 18.0. The molecule has 16 heteroatoms. The van der Waals surface area contributed by atoms with Gasteiger partial charge in [-0.05, 0) is 101 Å². The number of aliphatic carboxylic acids is 6. The van der Waals surface area contributed by atoms with Gasteiger partial charge < -0.3 is 40.4 Å². The number of carbonyl (C=O) groups is 6. The maximum Gasteiger partial charge on any atom is 0.328 e. The lowest BCUT2D eigenvalue weighted by molar-refractivity contribution is -0.134. The Hall–Kier alpha value is -7.30. The van der Waals surface area contributed by atoms with E-state index in [0.717, 1.165) is 25.9 Å². The summed E-state index contributed by atoms with van der Waals surface area (Å²) >= 11 is 0. The number of pyridine rings is 2. The summed E-state index contributed by atoms with van der Waals surface area (Å²) in [5, 5.41) is 46.9. The van der Waals surface area contributed by atoms with Crippen LogP contribution >= 0.6 is 0 Å². The molecule has 0 saturated heterocycles. The van der Waals surface area contributed by atoms with Crippen molar-refractivity contribution in [3.8, 4) is 0 Å². The van der Waals surface area contributed by atoms with Crippen LogP contribution in [0.5, 0.6) is 0 Å². The second kappa shape index (κ2) is 31.7. The Labute approximate surface area is 348 Å². The molecule has 320 valence electrons. The van der Waals surface area contributed by atoms with E-state index < -0.39 is 35.8 Å². The first-order chi connectivity index (χ1) is 28.4. The highest BCUT2D eigenvalue weighted by atomic mass is 16.4. The van der Waals surface area contributed by atoms with Crippen molar-refractivity contribution in [2.45, 2.75) is 24.7 Å². The topological polar surface area (TPSA) is 256 Å². The van der Waals surface area contributed by atoms with E-state index in [0.29, 0.717) is 48.3 Å². The van der Waals surface area contributed by atoms with Gasteiger partial charge in [0.15, 0.2) is 0 Å². The number of carboxylic acids is 6. The molecular weight excluding hydrogens is 777 g/mol. The molecule has 2 heterocycles. The van der Waals surface area contributed by atoms with Crippen LogP contribution in [0.25, 0.3) is 0 Å². The molecule has 2 atom stereocenters. The summed E-state index contributed by atoms with van der Waals surface area (Å²) in [6.45, 7) is 2.17. The van der Waals surface area contributed by atoms with Gasteiger partial charge in [0.25, 0.3) is 0 Å². The first kappa shape index (κ1) is 52.7. The Kier molecular flexibility index (Phi) is 27.9. The molecule has 0 aliphatic heterocycles. The fraction of sp³-hybridized carbons (Fsp3) is 0.227. The third-order valence-electron chi connectivity index (χ3n) is 7.46. The minimum atomic E-state index is -1.26. The van der Waals surface area contributed by atoms with E-state index in [1.165, 1.54) is 22.3 Å². The molecule has 2 unspecified atom stereocenters. The monoisotopic (exact) mass is 828 g/mol. The largest absolute Gasteiger partial charge is 0.478 e. The molecule has 0 radical (unpaired) electrons. The number of hydrogen-bond donors (Lipinski definition) is 6. The quantitative estimate of drug-likeness (QED) is 0.0766. The fourth-order valence-electron chi connectivity index (χ4n) is 4.82. The Balaban J connectivity index is 0.000000772. The van der Waals surface area contributed by atoms with Gasteiger partial charge in [-0.25, -0.2) is 28.8 Å².